The van der Waals surface area contributed by atoms with Crippen LogP contribution in [0.4, 0.5) is 0 Å². The third-order valence-electron chi connectivity index (χ3n) is 3.29. The van der Waals surface area contributed by atoms with Crippen LogP contribution < -0.4 is 0 Å². The Morgan fingerprint density at radius 2 is 1.72 bits per heavy atom. The molecule has 0 radical (unpaired) electrons. The van der Waals surface area contributed by atoms with Gasteiger partial charge in [0, 0.05) is 42.6 Å². The average molecular weight is 286 g/mol. The number of rotatable bonds is 2. The van der Waals surface area contributed by atoms with E-state index in [4.69, 9.17) is 28.6 Å². The first-order chi connectivity index (χ1) is 8.58. The number of halogens is 2. The van der Waals surface area contributed by atoms with Crippen molar-refractivity contribution in [2.24, 2.45) is 0 Å². The van der Waals surface area contributed by atoms with Gasteiger partial charge in [-0.3, -0.25) is 5.41 Å². The predicted octanol–water partition coefficient (Wildman–Crippen LogP) is 2.76. The van der Waals surface area contributed by atoms with E-state index in [0.717, 1.165) is 31.7 Å². The fraction of sp³-hybridized carbons (Fsp3) is 0.462. The maximum Gasteiger partial charge on any atom is 0.100 e. The van der Waals surface area contributed by atoms with Crippen molar-refractivity contribution in [3.63, 3.8) is 0 Å². The van der Waals surface area contributed by atoms with Gasteiger partial charge in [0.15, 0.2) is 0 Å². The third-order valence-corrected chi connectivity index (χ3v) is 4.00. The minimum atomic E-state index is 0.502. The lowest BCUT2D eigenvalue weighted by Crippen LogP contribution is -2.47. The summed E-state index contributed by atoms with van der Waals surface area (Å²) in [4.78, 5) is 4.37. The quantitative estimate of drug-likeness (QED) is 0.669. The maximum absolute atomic E-state index is 8.17. The first kappa shape index (κ1) is 13.7. The summed E-state index contributed by atoms with van der Waals surface area (Å²) in [7, 11) is 2.10. The largest absolute Gasteiger partial charge is 0.358 e. The van der Waals surface area contributed by atoms with Crippen molar-refractivity contribution in [1.29, 1.82) is 5.41 Å². The Bertz CT molecular complexity index is 420. The second-order valence-corrected chi connectivity index (χ2v) is 5.43. The van der Waals surface area contributed by atoms with Crippen LogP contribution in [-0.2, 0) is 6.42 Å². The van der Waals surface area contributed by atoms with Crippen LogP contribution in [0.3, 0.4) is 0 Å². The lowest BCUT2D eigenvalue weighted by atomic mass is 10.1. The van der Waals surface area contributed by atoms with E-state index in [2.05, 4.69) is 16.8 Å². The fourth-order valence-electron chi connectivity index (χ4n) is 2.06. The van der Waals surface area contributed by atoms with E-state index in [1.54, 1.807) is 0 Å². The van der Waals surface area contributed by atoms with Gasteiger partial charge in [-0.1, -0.05) is 29.3 Å². The highest BCUT2D eigenvalue weighted by molar-refractivity contribution is 6.36. The molecule has 1 N–H and O–H groups in total. The van der Waals surface area contributed by atoms with Gasteiger partial charge in [0.05, 0.1) is 0 Å². The van der Waals surface area contributed by atoms with Gasteiger partial charge < -0.3 is 9.80 Å². The lowest BCUT2D eigenvalue weighted by Gasteiger charge is -2.34. The standard InChI is InChI=1S/C13H17Cl2N3/c1-17-5-7-18(8-6-17)13(16)9-10-11(14)3-2-4-12(10)15/h2-4,16H,5-9H2,1H3. The molecule has 0 atom stereocenters. The highest BCUT2D eigenvalue weighted by Crippen LogP contribution is 2.25. The smallest absolute Gasteiger partial charge is 0.100 e. The van der Waals surface area contributed by atoms with Gasteiger partial charge in [0.1, 0.15) is 5.84 Å². The molecular weight excluding hydrogens is 269 g/mol. The summed E-state index contributed by atoms with van der Waals surface area (Å²) in [6, 6.07) is 5.47. The van der Waals surface area contributed by atoms with E-state index >= 15 is 0 Å². The van der Waals surface area contributed by atoms with Crippen molar-refractivity contribution in [2.45, 2.75) is 6.42 Å². The van der Waals surface area contributed by atoms with Crippen LogP contribution >= 0.6 is 23.2 Å². The van der Waals surface area contributed by atoms with Gasteiger partial charge in [-0.05, 0) is 24.7 Å². The molecule has 18 heavy (non-hydrogen) atoms. The number of piperazine rings is 1. The third kappa shape index (κ3) is 3.16. The zero-order chi connectivity index (χ0) is 13.1. The normalized spacial score (nSPS) is 16.9. The summed E-state index contributed by atoms with van der Waals surface area (Å²) in [5, 5.41) is 9.45. The molecule has 1 aliphatic heterocycles. The summed E-state index contributed by atoms with van der Waals surface area (Å²) >= 11 is 12.3. The first-order valence-corrected chi connectivity index (χ1v) is 6.77. The van der Waals surface area contributed by atoms with Gasteiger partial charge in [0.25, 0.3) is 0 Å². The zero-order valence-electron chi connectivity index (χ0n) is 10.4. The van der Waals surface area contributed by atoms with Gasteiger partial charge in [-0.2, -0.15) is 0 Å². The first-order valence-electron chi connectivity index (χ1n) is 6.01. The Labute approximate surface area is 118 Å². The summed E-state index contributed by atoms with van der Waals surface area (Å²) in [5.41, 5.74) is 0.852. The second kappa shape index (κ2) is 5.91. The summed E-state index contributed by atoms with van der Waals surface area (Å²) in [6.07, 6.45) is 0.502. The van der Waals surface area contributed by atoms with Crippen LogP contribution in [0.1, 0.15) is 5.56 Å². The topological polar surface area (TPSA) is 30.3 Å². The SMILES string of the molecule is CN1CCN(C(=N)Cc2c(Cl)cccc2Cl)CC1. The van der Waals surface area contributed by atoms with Crippen molar-refractivity contribution in [3.05, 3.63) is 33.8 Å². The molecule has 1 saturated heterocycles. The van der Waals surface area contributed by atoms with Gasteiger partial charge >= 0.3 is 0 Å². The summed E-state index contributed by atoms with van der Waals surface area (Å²) in [6.45, 7) is 3.80. The van der Waals surface area contributed by atoms with E-state index < -0.39 is 0 Å². The van der Waals surface area contributed by atoms with Crippen LogP contribution in [0.5, 0.6) is 0 Å². The van der Waals surface area contributed by atoms with Crippen LogP contribution in [0.2, 0.25) is 10.0 Å². The highest BCUT2D eigenvalue weighted by atomic mass is 35.5. The van der Waals surface area contributed by atoms with Crippen LogP contribution in [0.15, 0.2) is 18.2 Å². The molecule has 1 heterocycles. The zero-order valence-corrected chi connectivity index (χ0v) is 11.9. The maximum atomic E-state index is 8.17. The van der Waals surface area contributed by atoms with Crippen molar-refractivity contribution >= 4 is 29.0 Å². The van der Waals surface area contributed by atoms with Crippen LogP contribution in [0, 0.1) is 5.41 Å². The van der Waals surface area contributed by atoms with E-state index in [-0.39, 0.29) is 0 Å². The number of likely N-dealkylation sites (N-methyl/N-ethyl adjacent to an activating group) is 1. The molecule has 5 heteroatoms. The van der Waals surface area contributed by atoms with Crippen molar-refractivity contribution < 1.29 is 0 Å². The van der Waals surface area contributed by atoms with Gasteiger partial charge in [0.2, 0.25) is 0 Å². The molecule has 1 fully saturated rings. The Morgan fingerprint density at radius 1 is 1.17 bits per heavy atom. The molecule has 0 bridgehead atoms. The van der Waals surface area contributed by atoms with Gasteiger partial charge in [-0.15, -0.1) is 0 Å². The molecular formula is C13H17Cl2N3. The Balaban J connectivity index is 2.03. The number of nitrogens with one attached hydrogen (secondary N) is 1. The molecule has 1 aliphatic rings. The molecule has 0 spiro atoms. The molecule has 0 aliphatic carbocycles. The highest BCUT2D eigenvalue weighted by Gasteiger charge is 2.18. The molecule has 98 valence electrons. The molecule has 0 amide bonds. The minimum absolute atomic E-state index is 0.502. The Hall–Kier alpha value is -0.770. The van der Waals surface area contributed by atoms with E-state index in [9.17, 15) is 0 Å². The fourth-order valence-corrected chi connectivity index (χ4v) is 2.59. The number of hydrogen-bond acceptors (Lipinski definition) is 2. The average Bonchev–Trinajstić information content (AvgIpc) is 2.34. The number of amidine groups is 1. The molecule has 0 aromatic heterocycles. The van der Waals surface area contributed by atoms with E-state index in [1.165, 1.54) is 0 Å². The van der Waals surface area contributed by atoms with Crippen LogP contribution in [-0.4, -0.2) is 48.9 Å². The van der Waals surface area contributed by atoms with E-state index in [1.807, 2.05) is 18.2 Å². The molecule has 2 rings (SSSR count). The molecule has 3 nitrogen and oxygen atoms in total. The molecule has 1 aromatic rings. The molecule has 1 aromatic carbocycles. The van der Waals surface area contributed by atoms with Crippen molar-refractivity contribution in [3.8, 4) is 0 Å². The lowest BCUT2D eigenvalue weighted by molar-refractivity contribution is 0.213. The molecule has 0 saturated carbocycles. The monoisotopic (exact) mass is 285 g/mol. The number of nitrogens with zero attached hydrogens (tertiary/aromatic N) is 2. The minimum Gasteiger partial charge on any atom is -0.358 e. The summed E-state index contributed by atoms with van der Waals surface area (Å²) < 4.78 is 0. The second-order valence-electron chi connectivity index (χ2n) is 4.61. The van der Waals surface area contributed by atoms with Crippen molar-refractivity contribution in [2.75, 3.05) is 33.2 Å². The van der Waals surface area contributed by atoms with Gasteiger partial charge in [-0.25, -0.2) is 0 Å². The number of hydrogen-bond donors (Lipinski definition) is 1. The Kier molecular flexibility index (Phi) is 4.49. The van der Waals surface area contributed by atoms with E-state index in [0.29, 0.717) is 22.3 Å². The van der Waals surface area contributed by atoms with Crippen molar-refractivity contribution in [1.82, 2.24) is 9.80 Å². The predicted molar refractivity (Wildman–Crippen MR) is 77.0 cm³/mol. The Morgan fingerprint density at radius 3 is 2.28 bits per heavy atom. The number of benzene rings is 1. The molecule has 0 unspecified atom stereocenters. The van der Waals surface area contributed by atoms with Crippen LogP contribution in [0.25, 0.3) is 0 Å². The summed E-state index contributed by atoms with van der Waals surface area (Å²) in [5.74, 6) is 0.595.